The molecule has 0 radical (unpaired) electrons. The normalized spacial score (nSPS) is 13.1. The van der Waals surface area contributed by atoms with E-state index in [9.17, 15) is 18.0 Å². The van der Waals surface area contributed by atoms with Crippen molar-refractivity contribution < 1.29 is 27.5 Å². The summed E-state index contributed by atoms with van der Waals surface area (Å²) >= 11 is 0. The van der Waals surface area contributed by atoms with Crippen molar-refractivity contribution in [2.75, 3.05) is 18.7 Å². The number of nitrogens with zero attached hydrogens (tertiary/aromatic N) is 1. The molecule has 0 saturated carbocycles. The Morgan fingerprint density at radius 3 is 2.44 bits per heavy atom. The van der Waals surface area contributed by atoms with Gasteiger partial charge in [-0.05, 0) is 48.7 Å². The molecule has 0 fully saturated rings. The molecule has 10 heteroatoms. The molecular formula is C26H27N3O6S. The third kappa shape index (κ3) is 5.60. The minimum atomic E-state index is -4.15. The van der Waals surface area contributed by atoms with Gasteiger partial charge >= 0.3 is 6.03 Å². The molecule has 0 bridgehead atoms. The molecule has 1 aliphatic rings. The van der Waals surface area contributed by atoms with Gasteiger partial charge in [-0.1, -0.05) is 42.5 Å². The molecule has 3 aromatic carbocycles. The Balaban J connectivity index is 1.55. The number of nitrogens with one attached hydrogen (secondary N) is 2. The molecule has 2 N–H and O–H groups in total. The fourth-order valence-electron chi connectivity index (χ4n) is 3.87. The number of likely N-dealkylation sites (N-methyl/N-ethyl adjacent to an activating group) is 1. The Morgan fingerprint density at radius 2 is 1.69 bits per heavy atom. The fourth-order valence-corrected chi connectivity index (χ4v) is 5.11. The third-order valence-corrected chi connectivity index (χ3v) is 7.29. The molecule has 0 unspecified atom stereocenters. The van der Waals surface area contributed by atoms with Crippen LogP contribution in [-0.2, 0) is 21.2 Å². The molecule has 4 rings (SSSR count). The van der Waals surface area contributed by atoms with Gasteiger partial charge in [0.05, 0.1) is 4.90 Å². The largest absolute Gasteiger partial charge is 0.454 e. The first-order valence-electron chi connectivity index (χ1n) is 11.3. The van der Waals surface area contributed by atoms with E-state index in [0.717, 1.165) is 11.1 Å². The quantitative estimate of drug-likeness (QED) is 0.505. The van der Waals surface area contributed by atoms with Crippen molar-refractivity contribution in [3.63, 3.8) is 0 Å². The molecule has 1 aliphatic heterocycles. The molecule has 0 aromatic heterocycles. The number of carbonyl (C=O) groups is 2. The first kappa shape index (κ1) is 25.1. The van der Waals surface area contributed by atoms with Crippen LogP contribution in [0.3, 0.4) is 0 Å². The highest BCUT2D eigenvalue weighted by Crippen LogP contribution is 2.35. The van der Waals surface area contributed by atoms with Crippen LogP contribution in [-0.4, -0.2) is 40.2 Å². The Kier molecular flexibility index (Phi) is 7.16. The van der Waals surface area contributed by atoms with E-state index in [2.05, 4.69) is 5.32 Å². The minimum Gasteiger partial charge on any atom is -0.454 e. The standard InChI is InChI=1S/C26H27N3O6S/c1-17-9-10-18(2)24(13-17)36(32,33)28-26(31)27-21(14-19-7-5-4-6-8-19)25(30)29(3)20-11-12-22-23(15-20)35-16-34-22/h4-13,15,21H,14,16H2,1-3H3,(H2,27,28,31)/t21-/m0/s1. The fraction of sp³-hybridized carbons (Fsp3) is 0.231. The second-order valence-corrected chi connectivity index (χ2v) is 10.2. The summed E-state index contributed by atoms with van der Waals surface area (Å²) in [5.74, 6) is 0.656. The highest BCUT2D eigenvalue weighted by atomic mass is 32.2. The van der Waals surface area contributed by atoms with Crippen LogP contribution in [0.2, 0.25) is 0 Å². The smallest absolute Gasteiger partial charge is 0.329 e. The number of benzene rings is 3. The second-order valence-electron chi connectivity index (χ2n) is 8.53. The summed E-state index contributed by atoms with van der Waals surface area (Å²) in [4.78, 5) is 27.7. The van der Waals surface area contributed by atoms with Crippen LogP contribution in [0.1, 0.15) is 16.7 Å². The van der Waals surface area contributed by atoms with E-state index in [0.29, 0.717) is 22.7 Å². The van der Waals surface area contributed by atoms with Gasteiger partial charge in [0.15, 0.2) is 11.5 Å². The summed E-state index contributed by atoms with van der Waals surface area (Å²) in [6, 6.07) is 17.1. The van der Waals surface area contributed by atoms with Crippen molar-refractivity contribution in [2.24, 2.45) is 0 Å². The Labute approximate surface area is 210 Å². The van der Waals surface area contributed by atoms with Crippen molar-refractivity contribution in [2.45, 2.75) is 31.2 Å². The van der Waals surface area contributed by atoms with Crippen molar-refractivity contribution >= 4 is 27.6 Å². The third-order valence-electron chi connectivity index (χ3n) is 5.82. The monoisotopic (exact) mass is 509 g/mol. The number of fused-ring (bicyclic) bond motifs is 1. The maximum absolute atomic E-state index is 13.5. The molecule has 0 aliphatic carbocycles. The lowest BCUT2D eigenvalue weighted by atomic mass is 10.0. The van der Waals surface area contributed by atoms with Crippen LogP contribution in [0.15, 0.2) is 71.6 Å². The van der Waals surface area contributed by atoms with Crippen LogP contribution in [0.5, 0.6) is 11.5 Å². The van der Waals surface area contributed by atoms with Crippen LogP contribution >= 0.6 is 0 Å². The molecule has 9 nitrogen and oxygen atoms in total. The maximum atomic E-state index is 13.5. The average molecular weight is 510 g/mol. The predicted octanol–water partition coefficient (Wildman–Crippen LogP) is 3.29. The van der Waals surface area contributed by atoms with E-state index in [1.54, 1.807) is 51.2 Å². The zero-order chi connectivity index (χ0) is 25.9. The molecule has 0 saturated heterocycles. The number of ether oxygens (including phenoxy) is 2. The van der Waals surface area contributed by atoms with Crippen LogP contribution < -0.4 is 24.4 Å². The summed E-state index contributed by atoms with van der Waals surface area (Å²) in [5.41, 5.74) is 2.57. The van der Waals surface area contributed by atoms with Gasteiger partial charge in [0.1, 0.15) is 6.04 Å². The Hall–Kier alpha value is -4.05. The molecule has 1 atom stereocenters. The molecular weight excluding hydrogens is 482 g/mol. The van der Waals surface area contributed by atoms with E-state index in [-0.39, 0.29) is 18.1 Å². The van der Waals surface area contributed by atoms with E-state index < -0.39 is 28.0 Å². The summed E-state index contributed by atoms with van der Waals surface area (Å²) in [6.07, 6.45) is 0.158. The molecule has 3 aromatic rings. The summed E-state index contributed by atoms with van der Waals surface area (Å²) in [5, 5.41) is 2.55. The number of amides is 3. The lowest BCUT2D eigenvalue weighted by molar-refractivity contribution is -0.120. The molecule has 0 spiro atoms. The van der Waals surface area contributed by atoms with E-state index in [4.69, 9.17) is 9.47 Å². The number of hydrogen-bond donors (Lipinski definition) is 2. The second kappa shape index (κ2) is 10.3. The van der Waals surface area contributed by atoms with Crippen LogP contribution in [0.25, 0.3) is 0 Å². The number of carbonyl (C=O) groups excluding carboxylic acids is 2. The van der Waals surface area contributed by atoms with Gasteiger partial charge in [-0.25, -0.2) is 17.9 Å². The van der Waals surface area contributed by atoms with E-state index in [1.165, 1.54) is 11.0 Å². The number of rotatable bonds is 7. The highest BCUT2D eigenvalue weighted by Gasteiger charge is 2.28. The van der Waals surface area contributed by atoms with Crippen LogP contribution in [0.4, 0.5) is 10.5 Å². The van der Waals surface area contributed by atoms with Crippen molar-refractivity contribution in [3.8, 4) is 11.5 Å². The summed E-state index contributed by atoms with van der Waals surface area (Å²) < 4.78 is 38.6. The van der Waals surface area contributed by atoms with Gasteiger partial charge in [0.2, 0.25) is 12.7 Å². The number of aryl methyl sites for hydroxylation is 2. The molecule has 1 heterocycles. The van der Waals surface area contributed by atoms with Gasteiger partial charge in [0, 0.05) is 25.2 Å². The summed E-state index contributed by atoms with van der Waals surface area (Å²) in [6.45, 7) is 3.51. The summed E-state index contributed by atoms with van der Waals surface area (Å²) in [7, 11) is -2.58. The number of anilines is 1. The first-order chi connectivity index (χ1) is 17.1. The van der Waals surface area contributed by atoms with Gasteiger partial charge in [-0.2, -0.15) is 0 Å². The highest BCUT2D eigenvalue weighted by molar-refractivity contribution is 7.90. The molecule has 188 valence electrons. The van der Waals surface area contributed by atoms with E-state index in [1.807, 2.05) is 35.1 Å². The van der Waals surface area contributed by atoms with Gasteiger partial charge < -0.3 is 19.7 Å². The molecule has 36 heavy (non-hydrogen) atoms. The van der Waals surface area contributed by atoms with Gasteiger partial charge in [-0.15, -0.1) is 0 Å². The van der Waals surface area contributed by atoms with E-state index >= 15 is 0 Å². The van der Waals surface area contributed by atoms with Crippen molar-refractivity contribution in [1.82, 2.24) is 10.0 Å². The number of sulfonamides is 1. The lowest BCUT2D eigenvalue weighted by Crippen LogP contribution is -2.52. The Morgan fingerprint density at radius 1 is 0.972 bits per heavy atom. The van der Waals surface area contributed by atoms with Gasteiger partial charge in [-0.3, -0.25) is 4.79 Å². The van der Waals surface area contributed by atoms with Crippen molar-refractivity contribution in [1.29, 1.82) is 0 Å². The average Bonchev–Trinajstić information content (AvgIpc) is 3.32. The molecule has 3 amide bonds. The topological polar surface area (TPSA) is 114 Å². The zero-order valence-corrected chi connectivity index (χ0v) is 21.0. The zero-order valence-electron chi connectivity index (χ0n) is 20.1. The SMILES string of the molecule is Cc1ccc(C)c(S(=O)(=O)NC(=O)N[C@@H](Cc2ccccc2)C(=O)N(C)c2ccc3c(c2)OCO3)c1. The number of urea groups is 1. The minimum absolute atomic E-state index is 0.000985. The Bertz CT molecular complexity index is 1390. The first-order valence-corrected chi connectivity index (χ1v) is 12.7. The number of hydrogen-bond acceptors (Lipinski definition) is 6. The van der Waals surface area contributed by atoms with Crippen LogP contribution in [0, 0.1) is 13.8 Å². The van der Waals surface area contributed by atoms with Crippen molar-refractivity contribution in [3.05, 3.63) is 83.4 Å². The lowest BCUT2D eigenvalue weighted by Gasteiger charge is -2.25. The predicted molar refractivity (Wildman–Crippen MR) is 135 cm³/mol. The van der Waals surface area contributed by atoms with Gasteiger partial charge in [0.25, 0.3) is 10.0 Å². The maximum Gasteiger partial charge on any atom is 0.329 e.